The van der Waals surface area contributed by atoms with Gasteiger partial charge in [-0.3, -0.25) is 0 Å². The Balaban J connectivity index is 1.67. The standard InChI is InChI=1S/C43H58N2O2/c1-5-7-9-11-13-15-17-34-27-32(3)42(46-40-23-19-38(44)20-24-40)36(29-34)31-37-30-35(18-16-14-12-10-8-6-2)28-33(4)43(37)47-41-25-21-39(45)22-26-41/h19-30H,5-18,31,44-45H2,1-4H3. The van der Waals surface area contributed by atoms with Gasteiger partial charge in [0.2, 0.25) is 0 Å². The number of hydrogen-bond acceptors (Lipinski definition) is 4. The molecule has 0 radical (unpaired) electrons. The number of unbranched alkanes of at least 4 members (excludes halogenated alkanes) is 10. The van der Waals surface area contributed by atoms with Crippen molar-refractivity contribution in [1.29, 1.82) is 0 Å². The van der Waals surface area contributed by atoms with Crippen LogP contribution in [0.2, 0.25) is 0 Å². The van der Waals surface area contributed by atoms with Crippen molar-refractivity contribution in [2.75, 3.05) is 11.5 Å². The second-order valence-electron chi connectivity index (χ2n) is 13.4. The molecular formula is C43H58N2O2. The Morgan fingerprint density at radius 3 is 1.21 bits per heavy atom. The van der Waals surface area contributed by atoms with Gasteiger partial charge >= 0.3 is 0 Å². The van der Waals surface area contributed by atoms with Crippen molar-refractivity contribution in [3.8, 4) is 23.0 Å². The molecule has 0 heterocycles. The first-order chi connectivity index (χ1) is 22.9. The van der Waals surface area contributed by atoms with E-state index in [0.717, 1.165) is 58.3 Å². The fourth-order valence-electron chi connectivity index (χ4n) is 6.43. The summed E-state index contributed by atoms with van der Waals surface area (Å²) in [5.41, 5.74) is 20.9. The second kappa shape index (κ2) is 19.0. The van der Waals surface area contributed by atoms with E-state index in [2.05, 4.69) is 52.0 Å². The van der Waals surface area contributed by atoms with Crippen LogP contribution in [0.5, 0.6) is 23.0 Å². The minimum atomic E-state index is 0.713. The van der Waals surface area contributed by atoms with Crippen LogP contribution in [0, 0.1) is 13.8 Å². The van der Waals surface area contributed by atoms with Gasteiger partial charge in [-0.1, -0.05) is 102 Å². The minimum absolute atomic E-state index is 0.713. The fraction of sp³-hybridized carbons (Fsp3) is 0.442. The second-order valence-corrected chi connectivity index (χ2v) is 13.4. The van der Waals surface area contributed by atoms with Gasteiger partial charge in [0.05, 0.1) is 0 Å². The maximum atomic E-state index is 6.63. The first kappa shape index (κ1) is 35.9. The summed E-state index contributed by atoms with van der Waals surface area (Å²) in [6.07, 6.45) is 18.4. The lowest BCUT2D eigenvalue weighted by Gasteiger charge is -2.20. The Morgan fingerprint density at radius 1 is 0.468 bits per heavy atom. The van der Waals surface area contributed by atoms with Crippen molar-refractivity contribution in [3.63, 3.8) is 0 Å². The summed E-state index contributed by atoms with van der Waals surface area (Å²) >= 11 is 0. The molecular weight excluding hydrogens is 576 g/mol. The highest BCUT2D eigenvalue weighted by Crippen LogP contribution is 2.38. The van der Waals surface area contributed by atoms with Crippen molar-refractivity contribution in [3.05, 3.63) is 106 Å². The summed E-state index contributed by atoms with van der Waals surface area (Å²) in [5.74, 6) is 3.41. The molecule has 0 unspecified atom stereocenters. The molecule has 4 rings (SSSR count). The highest BCUT2D eigenvalue weighted by Gasteiger charge is 2.17. The van der Waals surface area contributed by atoms with Gasteiger partial charge in [-0.2, -0.15) is 0 Å². The summed E-state index contributed by atoms with van der Waals surface area (Å²) in [5, 5.41) is 0. The van der Waals surface area contributed by atoms with Crippen LogP contribution in [0.1, 0.15) is 124 Å². The first-order valence-electron chi connectivity index (χ1n) is 18.2. The maximum absolute atomic E-state index is 6.63. The van der Waals surface area contributed by atoms with Gasteiger partial charge in [-0.25, -0.2) is 0 Å². The van der Waals surface area contributed by atoms with Crippen LogP contribution in [0.15, 0.2) is 72.8 Å². The summed E-state index contributed by atoms with van der Waals surface area (Å²) in [6, 6.07) is 24.7. The molecule has 4 heteroatoms. The normalized spacial score (nSPS) is 11.1. The maximum Gasteiger partial charge on any atom is 0.133 e. The molecule has 0 aliphatic heterocycles. The van der Waals surface area contributed by atoms with E-state index < -0.39 is 0 Å². The number of benzene rings is 4. The Kier molecular flexibility index (Phi) is 14.5. The van der Waals surface area contributed by atoms with Gasteiger partial charge in [0.25, 0.3) is 0 Å². The third-order valence-electron chi connectivity index (χ3n) is 9.04. The summed E-state index contributed by atoms with van der Waals surface area (Å²) in [7, 11) is 0. The van der Waals surface area contributed by atoms with Gasteiger partial charge in [0, 0.05) is 17.8 Å². The first-order valence-corrected chi connectivity index (χ1v) is 18.2. The molecule has 0 spiro atoms. The molecule has 4 N–H and O–H groups in total. The average Bonchev–Trinajstić information content (AvgIpc) is 3.05. The average molecular weight is 635 g/mol. The van der Waals surface area contributed by atoms with Gasteiger partial charge in [-0.15, -0.1) is 0 Å². The number of ether oxygens (including phenoxy) is 2. The smallest absolute Gasteiger partial charge is 0.133 e. The van der Waals surface area contributed by atoms with E-state index in [4.69, 9.17) is 20.9 Å². The van der Waals surface area contributed by atoms with E-state index in [1.807, 2.05) is 48.5 Å². The molecule has 0 aliphatic rings. The number of hydrogen-bond donors (Lipinski definition) is 2. The van der Waals surface area contributed by atoms with Gasteiger partial charge in [0.15, 0.2) is 0 Å². The highest BCUT2D eigenvalue weighted by atomic mass is 16.5. The molecule has 0 amide bonds. The van der Waals surface area contributed by atoms with Crippen LogP contribution >= 0.6 is 0 Å². The van der Waals surface area contributed by atoms with Crippen LogP contribution in [0.3, 0.4) is 0 Å². The van der Waals surface area contributed by atoms with E-state index in [1.54, 1.807) is 0 Å². The number of nitrogen functional groups attached to an aromatic ring is 2. The van der Waals surface area contributed by atoms with Crippen LogP contribution in [0.25, 0.3) is 0 Å². The van der Waals surface area contributed by atoms with E-state index in [-0.39, 0.29) is 0 Å². The summed E-state index contributed by atoms with van der Waals surface area (Å²) < 4.78 is 13.3. The molecule has 0 aliphatic carbocycles. The molecule has 4 aromatic carbocycles. The molecule has 0 fully saturated rings. The third kappa shape index (κ3) is 11.7. The van der Waals surface area contributed by atoms with Crippen molar-refractivity contribution in [1.82, 2.24) is 0 Å². The van der Waals surface area contributed by atoms with Gasteiger partial charge < -0.3 is 20.9 Å². The minimum Gasteiger partial charge on any atom is -0.457 e. The lowest BCUT2D eigenvalue weighted by Crippen LogP contribution is -2.03. The molecule has 0 aromatic heterocycles. The van der Waals surface area contributed by atoms with Crippen molar-refractivity contribution in [2.24, 2.45) is 0 Å². The van der Waals surface area contributed by atoms with Crippen LogP contribution < -0.4 is 20.9 Å². The highest BCUT2D eigenvalue weighted by molar-refractivity contribution is 5.54. The van der Waals surface area contributed by atoms with Crippen molar-refractivity contribution < 1.29 is 9.47 Å². The number of anilines is 2. The molecule has 47 heavy (non-hydrogen) atoms. The topological polar surface area (TPSA) is 70.5 Å². The Morgan fingerprint density at radius 2 is 0.830 bits per heavy atom. The fourth-order valence-corrected chi connectivity index (χ4v) is 6.43. The Hall–Kier alpha value is -3.92. The van der Waals surface area contributed by atoms with Crippen molar-refractivity contribution >= 4 is 11.4 Å². The molecule has 4 nitrogen and oxygen atoms in total. The van der Waals surface area contributed by atoms with Gasteiger partial charge in [0.1, 0.15) is 23.0 Å². The number of aryl methyl sites for hydroxylation is 4. The Labute approximate surface area is 284 Å². The van der Waals surface area contributed by atoms with E-state index >= 15 is 0 Å². The van der Waals surface area contributed by atoms with Crippen LogP contribution in [0.4, 0.5) is 11.4 Å². The SMILES string of the molecule is CCCCCCCCc1cc(C)c(Oc2ccc(N)cc2)c(Cc2cc(CCCCCCCC)cc(C)c2Oc2ccc(N)cc2)c1. The van der Waals surface area contributed by atoms with Crippen LogP contribution in [-0.2, 0) is 19.3 Å². The molecule has 252 valence electrons. The molecule has 0 bridgehead atoms. The van der Waals surface area contributed by atoms with E-state index in [9.17, 15) is 0 Å². The number of nitrogens with two attached hydrogens (primary N) is 2. The quantitative estimate of drug-likeness (QED) is 0.0749. The molecule has 0 saturated carbocycles. The van der Waals surface area contributed by atoms with Crippen molar-refractivity contribution in [2.45, 2.75) is 124 Å². The monoisotopic (exact) mass is 634 g/mol. The lowest BCUT2D eigenvalue weighted by atomic mass is 9.93. The van der Waals surface area contributed by atoms with Crippen LogP contribution in [-0.4, -0.2) is 0 Å². The zero-order chi connectivity index (χ0) is 33.4. The van der Waals surface area contributed by atoms with E-state index in [0.29, 0.717) is 6.42 Å². The predicted octanol–water partition coefficient (Wildman–Crippen LogP) is 12.4. The zero-order valence-electron chi connectivity index (χ0n) is 29.5. The number of rotatable bonds is 20. The van der Waals surface area contributed by atoms with E-state index in [1.165, 1.54) is 99.3 Å². The summed E-state index contributed by atoms with van der Waals surface area (Å²) in [6.45, 7) is 8.90. The molecule has 4 aromatic rings. The zero-order valence-corrected chi connectivity index (χ0v) is 29.5. The molecule has 0 saturated heterocycles. The third-order valence-corrected chi connectivity index (χ3v) is 9.04. The predicted molar refractivity (Wildman–Crippen MR) is 201 cm³/mol. The lowest BCUT2D eigenvalue weighted by molar-refractivity contribution is 0.467. The van der Waals surface area contributed by atoms with Gasteiger partial charge in [-0.05, 0) is 121 Å². The summed E-state index contributed by atoms with van der Waals surface area (Å²) in [4.78, 5) is 0. The molecule has 0 atom stereocenters. The largest absolute Gasteiger partial charge is 0.457 e. The Bertz CT molecular complexity index is 1390.